The minimum absolute atomic E-state index is 0.596. The van der Waals surface area contributed by atoms with Crippen LogP contribution >= 0.6 is 0 Å². The Morgan fingerprint density at radius 3 is 2.50 bits per heavy atom. The summed E-state index contributed by atoms with van der Waals surface area (Å²) in [4.78, 5) is 0. The number of hydrogen-bond donors (Lipinski definition) is 0. The molecule has 1 heteroatoms. The molecule has 1 aliphatic carbocycles. The van der Waals surface area contributed by atoms with E-state index in [2.05, 4.69) is 60.1 Å². The second-order valence-corrected chi connectivity index (χ2v) is 6.37. The second kappa shape index (κ2) is 5.18. The topological polar surface area (TPSA) is 0 Å². The Labute approximate surface area is 101 Å². The Hall–Kier alpha value is -0.560. The Morgan fingerprint density at radius 1 is 1.38 bits per heavy atom. The number of allylic oxidation sites excluding steroid dienone is 3. The van der Waals surface area contributed by atoms with Crippen LogP contribution < -0.4 is 0 Å². The van der Waals surface area contributed by atoms with E-state index in [-0.39, 0.29) is 0 Å². The molecule has 1 nitrogen and oxygen atoms in total. The molecule has 0 saturated carbocycles. The monoisotopic (exact) mass is 222 g/mol. The lowest BCUT2D eigenvalue weighted by molar-refractivity contribution is -0.887. The van der Waals surface area contributed by atoms with E-state index >= 15 is 0 Å². The van der Waals surface area contributed by atoms with Crippen LogP contribution in [0.5, 0.6) is 0 Å². The summed E-state index contributed by atoms with van der Waals surface area (Å²) in [7, 11) is 6.76. The molecule has 0 radical (unpaired) electrons. The van der Waals surface area contributed by atoms with Crippen LogP contribution in [0.4, 0.5) is 0 Å². The molecule has 1 aliphatic rings. The Bertz CT molecular complexity index is 280. The lowest BCUT2D eigenvalue weighted by Gasteiger charge is -2.30. The van der Waals surface area contributed by atoms with Crippen molar-refractivity contribution in [2.24, 2.45) is 11.8 Å². The lowest BCUT2D eigenvalue weighted by Crippen LogP contribution is -2.42. The number of rotatable bonds is 3. The van der Waals surface area contributed by atoms with E-state index in [4.69, 9.17) is 0 Å². The molecular weight excluding hydrogens is 194 g/mol. The molecule has 0 aliphatic heterocycles. The predicted molar refractivity (Wildman–Crippen MR) is 72.3 cm³/mol. The fraction of sp³-hybridized carbons (Fsp3) is 0.733. The van der Waals surface area contributed by atoms with Gasteiger partial charge in [-0.1, -0.05) is 24.6 Å². The highest BCUT2D eigenvalue weighted by Crippen LogP contribution is 2.30. The Kier molecular flexibility index (Phi) is 4.37. The van der Waals surface area contributed by atoms with E-state index in [1.165, 1.54) is 12.8 Å². The fourth-order valence-electron chi connectivity index (χ4n) is 2.14. The molecule has 0 fully saturated rings. The zero-order chi connectivity index (χ0) is 12.3. The molecule has 0 aromatic rings. The molecule has 0 aromatic heterocycles. The highest BCUT2D eigenvalue weighted by Gasteiger charge is 2.20. The first kappa shape index (κ1) is 13.5. The van der Waals surface area contributed by atoms with Crippen molar-refractivity contribution in [1.82, 2.24) is 0 Å². The van der Waals surface area contributed by atoms with Gasteiger partial charge in [-0.2, -0.15) is 0 Å². The standard InChI is InChI=1S/C15H28N/c1-12-7-9-15(13(2)11-12)10-8-14(3)16(4,5)6/h7-8,10,13-15H,9,11H2,1-6H3/q+1/b10-8+. The Balaban J connectivity index is 2.58. The summed E-state index contributed by atoms with van der Waals surface area (Å²) >= 11 is 0. The van der Waals surface area contributed by atoms with Crippen molar-refractivity contribution in [1.29, 1.82) is 0 Å². The third-order valence-corrected chi connectivity index (χ3v) is 3.97. The minimum Gasteiger partial charge on any atom is -0.325 e. The zero-order valence-electron chi connectivity index (χ0n) is 11.8. The van der Waals surface area contributed by atoms with Crippen LogP contribution in [-0.2, 0) is 0 Å². The van der Waals surface area contributed by atoms with Gasteiger partial charge in [0, 0.05) is 0 Å². The van der Waals surface area contributed by atoms with E-state index in [1.807, 2.05) is 0 Å². The molecule has 0 amide bonds. The summed E-state index contributed by atoms with van der Waals surface area (Å²) in [5.41, 5.74) is 1.57. The van der Waals surface area contributed by atoms with Gasteiger partial charge in [-0.25, -0.2) is 0 Å². The largest absolute Gasteiger partial charge is 0.325 e. The average molecular weight is 222 g/mol. The molecule has 1 rings (SSSR count). The van der Waals surface area contributed by atoms with Crippen molar-refractivity contribution in [3.8, 4) is 0 Å². The third-order valence-electron chi connectivity index (χ3n) is 3.97. The van der Waals surface area contributed by atoms with Crippen molar-refractivity contribution in [2.75, 3.05) is 21.1 Å². The summed E-state index contributed by atoms with van der Waals surface area (Å²) < 4.78 is 1.01. The first-order valence-corrected chi connectivity index (χ1v) is 6.45. The van der Waals surface area contributed by atoms with Gasteiger partial charge in [-0.05, 0) is 44.6 Å². The van der Waals surface area contributed by atoms with Gasteiger partial charge in [0.2, 0.25) is 0 Å². The van der Waals surface area contributed by atoms with E-state index < -0.39 is 0 Å². The summed E-state index contributed by atoms with van der Waals surface area (Å²) in [6.07, 6.45) is 9.75. The predicted octanol–water partition coefficient (Wildman–Crippen LogP) is 3.63. The van der Waals surface area contributed by atoms with Crippen LogP contribution in [0.15, 0.2) is 23.8 Å². The quantitative estimate of drug-likeness (QED) is 0.505. The molecule has 92 valence electrons. The molecule has 0 bridgehead atoms. The van der Waals surface area contributed by atoms with Gasteiger partial charge >= 0.3 is 0 Å². The van der Waals surface area contributed by atoms with Crippen molar-refractivity contribution >= 4 is 0 Å². The first-order chi connectivity index (χ1) is 7.30. The molecule has 0 saturated heterocycles. The van der Waals surface area contributed by atoms with Crippen LogP contribution in [-0.4, -0.2) is 31.7 Å². The van der Waals surface area contributed by atoms with Crippen molar-refractivity contribution < 1.29 is 4.48 Å². The molecule has 16 heavy (non-hydrogen) atoms. The molecule has 0 spiro atoms. The van der Waals surface area contributed by atoms with Gasteiger partial charge < -0.3 is 4.48 Å². The average Bonchev–Trinajstić information content (AvgIpc) is 2.14. The number of hydrogen-bond acceptors (Lipinski definition) is 0. The van der Waals surface area contributed by atoms with Gasteiger partial charge in [0.25, 0.3) is 0 Å². The minimum atomic E-state index is 0.596. The van der Waals surface area contributed by atoms with E-state index in [9.17, 15) is 0 Å². The first-order valence-electron chi connectivity index (χ1n) is 6.45. The number of nitrogens with zero attached hydrogens (tertiary/aromatic N) is 1. The zero-order valence-corrected chi connectivity index (χ0v) is 11.8. The summed E-state index contributed by atoms with van der Waals surface area (Å²) in [6, 6.07) is 0.596. The summed E-state index contributed by atoms with van der Waals surface area (Å²) in [6.45, 7) is 6.93. The highest BCUT2D eigenvalue weighted by atomic mass is 15.3. The SMILES string of the molecule is CC1=CCC(/C=C/C(C)[N+](C)(C)C)C(C)C1. The van der Waals surface area contributed by atoms with Crippen LogP contribution in [0.2, 0.25) is 0 Å². The maximum atomic E-state index is 2.45. The van der Waals surface area contributed by atoms with Gasteiger partial charge in [-0.3, -0.25) is 0 Å². The second-order valence-electron chi connectivity index (χ2n) is 6.37. The van der Waals surface area contributed by atoms with Crippen LogP contribution in [0.1, 0.15) is 33.6 Å². The summed E-state index contributed by atoms with van der Waals surface area (Å²) in [5, 5.41) is 0. The highest BCUT2D eigenvalue weighted by molar-refractivity contribution is 5.09. The Morgan fingerprint density at radius 2 is 2.00 bits per heavy atom. The van der Waals surface area contributed by atoms with Crippen LogP contribution in [0, 0.1) is 11.8 Å². The fourth-order valence-corrected chi connectivity index (χ4v) is 2.14. The third kappa shape index (κ3) is 3.79. The summed E-state index contributed by atoms with van der Waals surface area (Å²) in [5.74, 6) is 1.55. The van der Waals surface area contributed by atoms with Gasteiger partial charge in [0.05, 0.1) is 21.1 Å². The van der Waals surface area contributed by atoms with Crippen LogP contribution in [0.25, 0.3) is 0 Å². The number of likely N-dealkylation sites (N-methyl/N-ethyl adjacent to an activating group) is 1. The van der Waals surface area contributed by atoms with Gasteiger partial charge in [0.15, 0.2) is 0 Å². The lowest BCUT2D eigenvalue weighted by atomic mass is 9.81. The van der Waals surface area contributed by atoms with Crippen molar-refractivity contribution in [2.45, 2.75) is 39.7 Å². The normalized spacial score (nSPS) is 29.2. The van der Waals surface area contributed by atoms with E-state index in [0.717, 1.165) is 16.3 Å². The molecule has 3 unspecified atom stereocenters. The maximum Gasteiger partial charge on any atom is 0.104 e. The molecule has 0 heterocycles. The van der Waals surface area contributed by atoms with Crippen LogP contribution in [0.3, 0.4) is 0 Å². The number of quaternary nitrogens is 1. The van der Waals surface area contributed by atoms with E-state index in [1.54, 1.807) is 5.57 Å². The molecule has 0 N–H and O–H groups in total. The molecule has 3 atom stereocenters. The molecular formula is C15H28N+. The van der Waals surface area contributed by atoms with Gasteiger partial charge in [-0.15, -0.1) is 0 Å². The smallest absolute Gasteiger partial charge is 0.104 e. The van der Waals surface area contributed by atoms with Crippen molar-refractivity contribution in [3.63, 3.8) is 0 Å². The van der Waals surface area contributed by atoms with Crippen molar-refractivity contribution in [3.05, 3.63) is 23.8 Å². The van der Waals surface area contributed by atoms with E-state index in [0.29, 0.717) is 6.04 Å². The maximum absolute atomic E-state index is 2.45. The molecule has 0 aromatic carbocycles. The van der Waals surface area contributed by atoms with Gasteiger partial charge in [0.1, 0.15) is 6.04 Å².